The number of methoxy groups -OCH3 is 1. The third kappa shape index (κ3) is 7.90. The van der Waals surface area contributed by atoms with Crippen LogP contribution < -0.4 is 5.32 Å². The summed E-state index contributed by atoms with van der Waals surface area (Å²) < 4.78 is 4.65. The van der Waals surface area contributed by atoms with Gasteiger partial charge >= 0.3 is 5.97 Å². The molecular weight excluding hydrogens is 443 g/mol. The van der Waals surface area contributed by atoms with Gasteiger partial charge in [0, 0.05) is 52.7 Å². The summed E-state index contributed by atoms with van der Waals surface area (Å²) in [6.45, 7) is 5.88. The zero-order valence-electron chi connectivity index (χ0n) is 15.8. The number of ether oxygens (including phenoxy) is 1. The Hall–Kier alpha value is -1.35. The van der Waals surface area contributed by atoms with E-state index in [1.807, 2.05) is 7.05 Å². The highest BCUT2D eigenvalue weighted by Crippen LogP contribution is 2.08. The van der Waals surface area contributed by atoms with Gasteiger partial charge in [0.05, 0.1) is 7.11 Å². The second-order valence-corrected chi connectivity index (χ2v) is 6.26. The standard InChI is InChI=1S/C19H30N4O2.HI/c1-20-19(21-11-7-6-10-18(24)25-2)23-14-12-22(13-15-23)16-17-8-4-3-5-9-17;/h3-5,8-9H,6-7,10-16H2,1-2H3,(H,20,21);1H. The third-order valence-electron chi connectivity index (χ3n) is 4.45. The number of carbonyl (C=O) groups excluding carboxylic acids is 1. The summed E-state index contributed by atoms with van der Waals surface area (Å²) in [5.74, 6) is 0.816. The van der Waals surface area contributed by atoms with Crippen LogP contribution in [0.3, 0.4) is 0 Å². The molecule has 1 aliphatic rings. The molecule has 0 amide bonds. The van der Waals surface area contributed by atoms with Gasteiger partial charge in [0.1, 0.15) is 0 Å². The van der Waals surface area contributed by atoms with Crippen molar-refractivity contribution in [2.24, 2.45) is 4.99 Å². The Morgan fingerprint density at radius 2 is 1.85 bits per heavy atom. The Bertz CT molecular complexity index is 546. The lowest BCUT2D eigenvalue weighted by atomic mass is 10.2. The first-order valence-electron chi connectivity index (χ1n) is 9.01. The van der Waals surface area contributed by atoms with Crippen LogP contribution in [-0.2, 0) is 16.1 Å². The normalized spacial score (nSPS) is 15.3. The van der Waals surface area contributed by atoms with E-state index in [0.717, 1.165) is 58.1 Å². The molecule has 0 atom stereocenters. The lowest BCUT2D eigenvalue weighted by Gasteiger charge is -2.36. The molecule has 1 fully saturated rings. The molecule has 1 aliphatic heterocycles. The number of carbonyl (C=O) groups is 1. The van der Waals surface area contributed by atoms with Gasteiger partial charge in [-0.2, -0.15) is 0 Å². The van der Waals surface area contributed by atoms with E-state index in [2.05, 4.69) is 55.2 Å². The van der Waals surface area contributed by atoms with Crippen molar-refractivity contribution in [1.29, 1.82) is 0 Å². The number of hydrogen-bond donors (Lipinski definition) is 1. The fourth-order valence-corrected chi connectivity index (χ4v) is 2.99. The van der Waals surface area contributed by atoms with Crippen LogP contribution in [0, 0.1) is 0 Å². The predicted molar refractivity (Wildman–Crippen MR) is 116 cm³/mol. The van der Waals surface area contributed by atoms with Crippen LogP contribution in [0.2, 0.25) is 0 Å². The van der Waals surface area contributed by atoms with Crippen molar-refractivity contribution in [3.63, 3.8) is 0 Å². The first-order chi connectivity index (χ1) is 12.2. The Morgan fingerprint density at radius 3 is 2.46 bits per heavy atom. The van der Waals surface area contributed by atoms with Gasteiger partial charge in [0.15, 0.2) is 5.96 Å². The van der Waals surface area contributed by atoms with E-state index in [-0.39, 0.29) is 29.9 Å². The molecule has 26 heavy (non-hydrogen) atoms. The predicted octanol–water partition coefficient (Wildman–Crippen LogP) is 2.34. The first-order valence-corrected chi connectivity index (χ1v) is 9.01. The van der Waals surface area contributed by atoms with Crippen LogP contribution >= 0.6 is 24.0 Å². The molecule has 2 rings (SSSR count). The monoisotopic (exact) mass is 474 g/mol. The molecule has 1 N–H and O–H groups in total. The number of hydrogen-bond acceptors (Lipinski definition) is 4. The van der Waals surface area contributed by atoms with Crippen molar-refractivity contribution >= 4 is 35.9 Å². The maximum Gasteiger partial charge on any atom is 0.305 e. The molecule has 146 valence electrons. The summed E-state index contributed by atoms with van der Waals surface area (Å²) in [5, 5.41) is 3.40. The van der Waals surface area contributed by atoms with Crippen LogP contribution in [0.25, 0.3) is 0 Å². The minimum Gasteiger partial charge on any atom is -0.469 e. The largest absolute Gasteiger partial charge is 0.469 e. The van der Waals surface area contributed by atoms with Gasteiger partial charge in [0.2, 0.25) is 0 Å². The van der Waals surface area contributed by atoms with Crippen molar-refractivity contribution in [2.75, 3.05) is 46.9 Å². The topological polar surface area (TPSA) is 57.2 Å². The number of unbranched alkanes of at least 4 members (excludes halogenated alkanes) is 1. The zero-order valence-corrected chi connectivity index (χ0v) is 18.1. The van der Waals surface area contributed by atoms with E-state index in [1.165, 1.54) is 12.7 Å². The fourth-order valence-electron chi connectivity index (χ4n) is 2.99. The van der Waals surface area contributed by atoms with Crippen LogP contribution in [0.4, 0.5) is 0 Å². The van der Waals surface area contributed by atoms with Crippen LogP contribution in [0.5, 0.6) is 0 Å². The van der Waals surface area contributed by atoms with E-state index >= 15 is 0 Å². The average molecular weight is 474 g/mol. The molecule has 0 bridgehead atoms. The van der Waals surface area contributed by atoms with Crippen LogP contribution in [-0.4, -0.2) is 68.6 Å². The van der Waals surface area contributed by atoms with Crippen molar-refractivity contribution in [3.8, 4) is 0 Å². The van der Waals surface area contributed by atoms with Crippen molar-refractivity contribution < 1.29 is 9.53 Å². The molecule has 0 radical (unpaired) electrons. The Morgan fingerprint density at radius 1 is 1.15 bits per heavy atom. The Balaban J connectivity index is 0.00000338. The number of benzene rings is 1. The van der Waals surface area contributed by atoms with Crippen LogP contribution in [0.15, 0.2) is 35.3 Å². The number of nitrogens with zero attached hydrogens (tertiary/aromatic N) is 3. The molecule has 0 unspecified atom stereocenters. The van der Waals surface area contributed by atoms with Crippen molar-refractivity contribution in [3.05, 3.63) is 35.9 Å². The fraction of sp³-hybridized carbons (Fsp3) is 0.579. The smallest absolute Gasteiger partial charge is 0.305 e. The molecule has 6 nitrogen and oxygen atoms in total. The molecule has 7 heteroatoms. The third-order valence-corrected chi connectivity index (χ3v) is 4.45. The summed E-state index contributed by atoms with van der Waals surface area (Å²) in [6, 6.07) is 10.6. The SMILES string of the molecule is CN=C(NCCCCC(=O)OC)N1CCN(Cc2ccccc2)CC1.I. The average Bonchev–Trinajstić information content (AvgIpc) is 2.66. The molecule has 0 aliphatic carbocycles. The number of guanidine groups is 1. The second kappa shape index (κ2) is 12.9. The lowest BCUT2D eigenvalue weighted by molar-refractivity contribution is -0.140. The lowest BCUT2D eigenvalue weighted by Crippen LogP contribution is -2.52. The number of piperazine rings is 1. The maximum atomic E-state index is 11.1. The van der Waals surface area contributed by atoms with Gasteiger partial charge in [-0.05, 0) is 18.4 Å². The van der Waals surface area contributed by atoms with Crippen LogP contribution in [0.1, 0.15) is 24.8 Å². The minimum absolute atomic E-state index is 0. The van der Waals surface area contributed by atoms with E-state index in [4.69, 9.17) is 0 Å². The quantitative estimate of drug-likeness (QED) is 0.216. The molecule has 0 spiro atoms. The van der Waals surface area contributed by atoms with E-state index in [0.29, 0.717) is 6.42 Å². The summed E-state index contributed by atoms with van der Waals surface area (Å²) >= 11 is 0. The summed E-state index contributed by atoms with van der Waals surface area (Å²) in [7, 11) is 3.26. The van der Waals surface area contributed by atoms with Gasteiger partial charge in [0.25, 0.3) is 0 Å². The van der Waals surface area contributed by atoms with Gasteiger partial charge in [-0.1, -0.05) is 30.3 Å². The second-order valence-electron chi connectivity index (χ2n) is 6.26. The number of rotatable bonds is 7. The van der Waals surface area contributed by atoms with Gasteiger partial charge in [-0.15, -0.1) is 24.0 Å². The molecule has 1 heterocycles. The molecular formula is C19H31IN4O2. The minimum atomic E-state index is -0.140. The Kier molecular flexibility index (Phi) is 11.3. The first kappa shape index (κ1) is 22.7. The zero-order chi connectivity index (χ0) is 17.9. The van der Waals surface area contributed by atoms with E-state index in [1.54, 1.807) is 0 Å². The highest BCUT2D eigenvalue weighted by molar-refractivity contribution is 14.0. The molecule has 0 aromatic heterocycles. The molecule has 1 aromatic carbocycles. The summed E-state index contributed by atoms with van der Waals surface area (Å²) in [6.07, 6.45) is 2.25. The molecule has 0 saturated carbocycles. The van der Waals surface area contributed by atoms with E-state index < -0.39 is 0 Å². The number of nitrogens with one attached hydrogen (secondary N) is 1. The van der Waals surface area contributed by atoms with Gasteiger partial charge < -0.3 is 15.0 Å². The number of esters is 1. The van der Waals surface area contributed by atoms with Crippen molar-refractivity contribution in [2.45, 2.75) is 25.8 Å². The molecule has 1 saturated heterocycles. The van der Waals surface area contributed by atoms with Crippen molar-refractivity contribution in [1.82, 2.24) is 15.1 Å². The Labute approximate surface area is 174 Å². The number of aliphatic imine (C=N–C) groups is 1. The summed E-state index contributed by atoms with van der Waals surface area (Å²) in [4.78, 5) is 20.3. The highest BCUT2D eigenvalue weighted by atomic mass is 127. The summed E-state index contributed by atoms with van der Waals surface area (Å²) in [5.41, 5.74) is 1.36. The maximum absolute atomic E-state index is 11.1. The van der Waals surface area contributed by atoms with E-state index in [9.17, 15) is 4.79 Å². The highest BCUT2D eigenvalue weighted by Gasteiger charge is 2.19. The number of halogens is 1. The molecule has 1 aromatic rings. The van der Waals surface area contributed by atoms with Gasteiger partial charge in [-0.3, -0.25) is 14.7 Å². The van der Waals surface area contributed by atoms with Gasteiger partial charge in [-0.25, -0.2) is 0 Å².